The predicted octanol–water partition coefficient (Wildman–Crippen LogP) is -5.38. The van der Waals surface area contributed by atoms with Gasteiger partial charge in [-0.1, -0.05) is 39.3 Å². The maximum Gasteiger partial charge on any atom is 0.0911 e. The van der Waals surface area contributed by atoms with Crippen LogP contribution in [0.5, 0.6) is 0 Å². The Morgan fingerprint density at radius 2 is 0.969 bits per heavy atom. The summed E-state index contributed by atoms with van der Waals surface area (Å²) in [5, 5.41) is 4.87. The monoisotopic (exact) mass is 522 g/mol. The van der Waals surface area contributed by atoms with Crippen molar-refractivity contribution in [3.8, 4) is 0 Å². The van der Waals surface area contributed by atoms with Gasteiger partial charge in [0.1, 0.15) is 0 Å². The van der Waals surface area contributed by atoms with Crippen molar-refractivity contribution in [2.45, 2.75) is 76.0 Å². The van der Waals surface area contributed by atoms with Crippen LogP contribution in [0, 0.1) is 0 Å². The molecule has 2 fully saturated rings. The molecule has 0 aromatic carbocycles. The van der Waals surface area contributed by atoms with Gasteiger partial charge in [0.05, 0.1) is 66.7 Å². The molecule has 4 heterocycles. The highest BCUT2D eigenvalue weighted by Crippen LogP contribution is 2.29. The van der Waals surface area contributed by atoms with Crippen LogP contribution >= 0.6 is 0 Å². The quantitative estimate of drug-likeness (QED) is 0.362. The minimum Gasteiger partial charge on any atom is -1.00 e. The molecule has 4 rings (SSSR count). The first-order valence-electron chi connectivity index (χ1n) is 12.2. The maximum absolute atomic E-state index is 4.54. The molecule has 0 atom stereocenters. The van der Waals surface area contributed by atoms with Gasteiger partial charge < -0.3 is 35.4 Å². The van der Waals surface area contributed by atoms with Gasteiger partial charge in [0, 0.05) is 38.1 Å². The molecule has 0 aromatic rings. The second-order valence-corrected chi connectivity index (χ2v) is 23.2. The molecule has 2 saturated heterocycles. The zero-order valence-corrected chi connectivity index (χ0v) is 24.9. The Morgan fingerprint density at radius 1 is 0.656 bits per heavy atom. The number of aliphatic imine (C=N–C) groups is 2. The molecule has 0 bridgehead atoms. The van der Waals surface area contributed by atoms with E-state index in [1.165, 1.54) is 64.2 Å². The first-order valence-corrected chi connectivity index (χ1v) is 19.6. The van der Waals surface area contributed by atoms with Gasteiger partial charge in [-0.15, -0.1) is 0 Å². The Balaban J connectivity index is 0.000000301. The normalized spacial score (nSPS) is 24.7. The van der Waals surface area contributed by atoms with Crippen LogP contribution in [0.3, 0.4) is 0 Å². The molecule has 4 aliphatic heterocycles. The SMILES string of the molecule is C[Si](C)(C)CN1CN=CC12CC[NH2+]CC2.C[Si](C)(C)CN1CN=CC12CC[NH2+]CC2.[Cl-].[Cl-]. The second kappa shape index (κ2) is 12.2. The van der Waals surface area contributed by atoms with Crippen LogP contribution in [0.2, 0.25) is 39.3 Å². The van der Waals surface area contributed by atoms with Crippen molar-refractivity contribution in [3.63, 3.8) is 0 Å². The van der Waals surface area contributed by atoms with E-state index in [0.29, 0.717) is 11.1 Å². The average molecular weight is 524 g/mol. The van der Waals surface area contributed by atoms with E-state index in [1.54, 1.807) is 0 Å². The van der Waals surface area contributed by atoms with E-state index >= 15 is 0 Å². The molecule has 0 radical (unpaired) electrons. The summed E-state index contributed by atoms with van der Waals surface area (Å²) in [6.07, 6.45) is 12.3. The van der Waals surface area contributed by atoms with Crippen LogP contribution in [-0.2, 0) is 0 Å². The number of halogens is 2. The Hall–Kier alpha value is 0.194. The first-order chi connectivity index (χ1) is 14.0. The highest BCUT2D eigenvalue weighted by atomic mass is 35.5. The zero-order valence-electron chi connectivity index (χ0n) is 21.3. The third-order valence-electron chi connectivity index (χ3n) is 6.88. The Bertz CT molecular complexity index is 567. The summed E-state index contributed by atoms with van der Waals surface area (Å²) in [5.41, 5.74) is 0.685. The Labute approximate surface area is 211 Å². The van der Waals surface area contributed by atoms with Crippen molar-refractivity contribution in [2.24, 2.45) is 9.98 Å². The minimum atomic E-state index is -0.997. The summed E-state index contributed by atoms with van der Waals surface area (Å²) >= 11 is 0. The third-order valence-corrected chi connectivity index (χ3v) is 9.54. The molecule has 2 spiro atoms. The van der Waals surface area contributed by atoms with Gasteiger partial charge >= 0.3 is 0 Å². The zero-order chi connectivity index (χ0) is 21.9. The van der Waals surface area contributed by atoms with Gasteiger partial charge in [-0.05, 0) is 12.3 Å². The van der Waals surface area contributed by atoms with Gasteiger partial charge in [-0.25, -0.2) is 0 Å². The fourth-order valence-corrected chi connectivity index (χ4v) is 8.58. The molecule has 0 saturated carbocycles. The fraction of sp³-hybridized carbons (Fsp3) is 0.909. The van der Waals surface area contributed by atoms with E-state index < -0.39 is 16.1 Å². The standard InChI is InChI=1S/2C11H23N3Si.2ClH/c2*1-15(2,3)10-14-9-13-8-11(14)4-6-12-7-5-11;;/h2*8,12H,4-7,9-10H2,1-3H3;2*1H. The number of rotatable bonds is 4. The average Bonchev–Trinajstić information content (AvgIpc) is 3.19. The van der Waals surface area contributed by atoms with Gasteiger partial charge in [0.2, 0.25) is 0 Å². The molecule has 0 aromatic heterocycles. The molecule has 0 unspecified atom stereocenters. The molecule has 4 N–H and O–H groups in total. The molecule has 4 aliphatic rings. The van der Waals surface area contributed by atoms with Crippen molar-refractivity contribution < 1.29 is 35.4 Å². The number of quaternary nitrogens is 2. The predicted molar refractivity (Wildman–Crippen MR) is 134 cm³/mol. The Kier molecular flexibility index (Phi) is 11.6. The van der Waals surface area contributed by atoms with E-state index in [2.05, 4.69) is 82.1 Å². The molecule has 0 aliphatic carbocycles. The van der Waals surface area contributed by atoms with Crippen LogP contribution in [0.25, 0.3) is 0 Å². The van der Waals surface area contributed by atoms with E-state index in [4.69, 9.17) is 0 Å². The van der Waals surface area contributed by atoms with Crippen molar-refractivity contribution in [3.05, 3.63) is 0 Å². The van der Waals surface area contributed by atoms with E-state index in [9.17, 15) is 0 Å². The molecule has 32 heavy (non-hydrogen) atoms. The molecule has 6 nitrogen and oxygen atoms in total. The lowest BCUT2D eigenvalue weighted by atomic mass is 9.89. The van der Waals surface area contributed by atoms with Crippen LogP contribution in [0.1, 0.15) is 25.7 Å². The highest BCUT2D eigenvalue weighted by Gasteiger charge is 2.43. The van der Waals surface area contributed by atoms with Crippen molar-refractivity contribution in [1.82, 2.24) is 9.80 Å². The molecule has 0 amide bonds. The van der Waals surface area contributed by atoms with E-state index in [0.717, 1.165) is 13.3 Å². The summed E-state index contributed by atoms with van der Waals surface area (Å²) in [5.74, 6) is 0. The lowest BCUT2D eigenvalue weighted by Gasteiger charge is -2.40. The number of piperidine rings is 2. The van der Waals surface area contributed by atoms with Crippen LogP contribution in [-0.4, -0.2) is 101 Å². The van der Waals surface area contributed by atoms with Crippen LogP contribution < -0.4 is 35.4 Å². The van der Waals surface area contributed by atoms with Crippen molar-refractivity contribution in [1.29, 1.82) is 0 Å². The maximum atomic E-state index is 4.54. The summed E-state index contributed by atoms with van der Waals surface area (Å²) < 4.78 is 0. The summed E-state index contributed by atoms with van der Waals surface area (Å²) in [6, 6.07) is 0. The van der Waals surface area contributed by atoms with E-state index in [1.807, 2.05) is 0 Å². The summed E-state index contributed by atoms with van der Waals surface area (Å²) in [6.45, 7) is 21.7. The third kappa shape index (κ3) is 8.15. The topological polar surface area (TPSA) is 64.4 Å². The van der Waals surface area contributed by atoms with Gasteiger partial charge in [-0.3, -0.25) is 19.8 Å². The molecule has 188 valence electrons. The van der Waals surface area contributed by atoms with Gasteiger partial charge in [0.25, 0.3) is 0 Å². The fourth-order valence-electron chi connectivity index (χ4n) is 5.46. The largest absolute Gasteiger partial charge is 1.00 e. The lowest BCUT2D eigenvalue weighted by molar-refractivity contribution is -0.665. The number of nitrogens with two attached hydrogens (primary N) is 2. The minimum absolute atomic E-state index is 0. The lowest BCUT2D eigenvalue weighted by Crippen LogP contribution is -3.00. The second-order valence-electron chi connectivity index (χ2n) is 12.4. The first kappa shape index (κ1) is 30.2. The Morgan fingerprint density at radius 3 is 1.25 bits per heavy atom. The van der Waals surface area contributed by atoms with Crippen LogP contribution in [0.15, 0.2) is 9.98 Å². The van der Waals surface area contributed by atoms with Crippen molar-refractivity contribution in [2.75, 3.05) is 51.9 Å². The van der Waals surface area contributed by atoms with Crippen LogP contribution in [0.4, 0.5) is 0 Å². The molecular weight excluding hydrogens is 475 g/mol. The smallest absolute Gasteiger partial charge is 0.0911 e. The summed E-state index contributed by atoms with van der Waals surface area (Å²) in [7, 11) is -1.99. The van der Waals surface area contributed by atoms with E-state index in [-0.39, 0.29) is 24.8 Å². The highest BCUT2D eigenvalue weighted by molar-refractivity contribution is 6.76. The van der Waals surface area contributed by atoms with Crippen molar-refractivity contribution >= 4 is 28.6 Å². The van der Waals surface area contributed by atoms with Gasteiger partial charge in [0.15, 0.2) is 0 Å². The molecular formula is C22H48Cl2N6Si2. The number of nitrogens with zero attached hydrogens (tertiary/aromatic N) is 4. The van der Waals surface area contributed by atoms with Gasteiger partial charge in [-0.2, -0.15) is 0 Å². The number of hydrogen-bond acceptors (Lipinski definition) is 4. The molecule has 10 heteroatoms. The summed E-state index contributed by atoms with van der Waals surface area (Å²) in [4.78, 5) is 14.4. The number of hydrogen-bond donors (Lipinski definition) is 2.